The van der Waals surface area contributed by atoms with E-state index < -0.39 is 10.0 Å². The Morgan fingerprint density at radius 1 is 1.23 bits per heavy atom. The number of aromatic nitrogens is 1. The van der Waals surface area contributed by atoms with Crippen molar-refractivity contribution < 1.29 is 22.4 Å². The van der Waals surface area contributed by atoms with Crippen molar-refractivity contribution in [1.82, 2.24) is 9.46 Å². The summed E-state index contributed by atoms with van der Waals surface area (Å²) in [5, 5.41) is 3.80. The third-order valence-electron chi connectivity index (χ3n) is 3.12. The van der Waals surface area contributed by atoms with Crippen molar-refractivity contribution in [2.24, 2.45) is 0 Å². The SMILES string of the molecule is COc1ccc(S(=O)(=O)N(C)Cc2cc(C)on2)c(OC)c1. The number of sulfonamides is 1. The van der Waals surface area contributed by atoms with E-state index in [1.165, 1.54) is 37.7 Å². The Kier molecular flexibility index (Phi) is 4.72. The molecule has 120 valence electrons. The van der Waals surface area contributed by atoms with E-state index in [1.807, 2.05) is 0 Å². The third kappa shape index (κ3) is 3.23. The zero-order valence-corrected chi connectivity index (χ0v) is 13.7. The van der Waals surface area contributed by atoms with Crippen LogP contribution in [0.3, 0.4) is 0 Å². The lowest BCUT2D eigenvalue weighted by atomic mass is 10.3. The molecule has 0 N–H and O–H groups in total. The molecule has 8 heteroatoms. The van der Waals surface area contributed by atoms with Gasteiger partial charge in [0, 0.05) is 19.2 Å². The summed E-state index contributed by atoms with van der Waals surface area (Å²) in [5.41, 5.74) is 0.538. The van der Waals surface area contributed by atoms with Gasteiger partial charge >= 0.3 is 0 Å². The Morgan fingerprint density at radius 3 is 2.50 bits per heavy atom. The Morgan fingerprint density at radius 2 is 1.95 bits per heavy atom. The molecular weight excluding hydrogens is 308 g/mol. The lowest BCUT2D eigenvalue weighted by molar-refractivity contribution is 0.374. The van der Waals surface area contributed by atoms with Crippen molar-refractivity contribution in [3.8, 4) is 11.5 Å². The van der Waals surface area contributed by atoms with Crippen LogP contribution in [-0.4, -0.2) is 39.1 Å². The molecule has 1 aromatic heterocycles. The Bertz CT molecular complexity index is 754. The highest BCUT2D eigenvalue weighted by molar-refractivity contribution is 7.89. The summed E-state index contributed by atoms with van der Waals surface area (Å²) in [6.07, 6.45) is 0. The molecule has 0 amide bonds. The smallest absolute Gasteiger partial charge is 0.246 e. The van der Waals surface area contributed by atoms with Crippen LogP contribution in [0, 0.1) is 6.92 Å². The molecule has 22 heavy (non-hydrogen) atoms. The zero-order chi connectivity index (χ0) is 16.3. The molecule has 1 heterocycles. The fraction of sp³-hybridized carbons (Fsp3) is 0.357. The molecule has 0 atom stereocenters. The van der Waals surface area contributed by atoms with E-state index in [-0.39, 0.29) is 17.2 Å². The maximum atomic E-state index is 12.7. The standard InChI is InChI=1S/C14H18N2O5S/c1-10-7-11(15-21-10)9-16(2)22(17,18)14-6-5-12(19-3)8-13(14)20-4/h5-8H,9H2,1-4H3. The Labute approximate surface area is 129 Å². The molecular formula is C14H18N2O5S. The second-order valence-electron chi connectivity index (χ2n) is 4.71. The largest absolute Gasteiger partial charge is 0.497 e. The molecule has 0 saturated carbocycles. The van der Waals surface area contributed by atoms with Crippen molar-refractivity contribution in [3.63, 3.8) is 0 Å². The molecule has 1 aromatic carbocycles. The van der Waals surface area contributed by atoms with E-state index in [0.29, 0.717) is 17.2 Å². The van der Waals surface area contributed by atoms with E-state index in [2.05, 4.69) is 5.16 Å². The molecule has 0 unspecified atom stereocenters. The summed E-state index contributed by atoms with van der Waals surface area (Å²) in [6, 6.07) is 6.25. The minimum atomic E-state index is -3.72. The van der Waals surface area contributed by atoms with Gasteiger partial charge in [-0.25, -0.2) is 8.42 Å². The maximum Gasteiger partial charge on any atom is 0.246 e. The number of methoxy groups -OCH3 is 2. The first-order valence-electron chi connectivity index (χ1n) is 6.49. The minimum Gasteiger partial charge on any atom is -0.497 e. The highest BCUT2D eigenvalue weighted by Gasteiger charge is 2.26. The van der Waals surface area contributed by atoms with E-state index in [9.17, 15) is 8.42 Å². The van der Waals surface area contributed by atoms with Crippen LogP contribution in [-0.2, 0) is 16.6 Å². The average molecular weight is 326 g/mol. The van der Waals surface area contributed by atoms with Crippen LogP contribution in [0.25, 0.3) is 0 Å². The number of rotatable bonds is 6. The monoisotopic (exact) mass is 326 g/mol. The van der Waals surface area contributed by atoms with E-state index in [1.54, 1.807) is 19.1 Å². The average Bonchev–Trinajstić information content (AvgIpc) is 2.91. The van der Waals surface area contributed by atoms with Gasteiger partial charge in [0.1, 0.15) is 22.2 Å². The quantitative estimate of drug-likeness (QED) is 0.805. The molecule has 7 nitrogen and oxygen atoms in total. The van der Waals surface area contributed by atoms with Crippen LogP contribution in [0.5, 0.6) is 11.5 Å². The number of ether oxygens (including phenoxy) is 2. The highest BCUT2D eigenvalue weighted by Crippen LogP contribution is 2.30. The lowest BCUT2D eigenvalue weighted by Crippen LogP contribution is -2.27. The summed E-state index contributed by atoms with van der Waals surface area (Å²) < 4.78 is 41.7. The predicted octanol–water partition coefficient (Wildman–Crippen LogP) is 1.82. The fourth-order valence-corrected chi connectivity index (χ4v) is 3.24. The molecule has 0 radical (unpaired) electrons. The van der Waals surface area contributed by atoms with Crippen LogP contribution in [0.1, 0.15) is 11.5 Å². The number of hydrogen-bond acceptors (Lipinski definition) is 6. The number of hydrogen-bond donors (Lipinski definition) is 0. The van der Waals surface area contributed by atoms with Gasteiger partial charge in [-0.15, -0.1) is 0 Å². The van der Waals surface area contributed by atoms with Gasteiger partial charge < -0.3 is 14.0 Å². The topological polar surface area (TPSA) is 81.9 Å². The Hall–Kier alpha value is -2.06. The number of aryl methyl sites for hydroxylation is 1. The summed E-state index contributed by atoms with van der Waals surface area (Å²) >= 11 is 0. The summed E-state index contributed by atoms with van der Waals surface area (Å²) in [5.74, 6) is 1.37. The normalized spacial score (nSPS) is 11.7. The van der Waals surface area contributed by atoms with Crippen LogP contribution in [0.2, 0.25) is 0 Å². The van der Waals surface area contributed by atoms with Gasteiger partial charge in [-0.3, -0.25) is 0 Å². The van der Waals surface area contributed by atoms with Crippen molar-refractivity contribution in [2.45, 2.75) is 18.4 Å². The second kappa shape index (κ2) is 6.37. The van der Waals surface area contributed by atoms with Crippen LogP contribution < -0.4 is 9.47 Å². The molecule has 0 aliphatic rings. The molecule has 2 rings (SSSR count). The Balaban J connectivity index is 2.33. The van der Waals surface area contributed by atoms with Crippen molar-refractivity contribution >= 4 is 10.0 Å². The highest BCUT2D eigenvalue weighted by atomic mass is 32.2. The molecule has 0 bridgehead atoms. The van der Waals surface area contributed by atoms with Gasteiger partial charge in [0.05, 0.1) is 26.5 Å². The van der Waals surface area contributed by atoms with Gasteiger partial charge in [0.2, 0.25) is 10.0 Å². The summed E-state index contributed by atoms with van der Waals surface area (Å²) in [4.78, 5) is 0.0681. The maximum absolute atomic E-state index is 12.7. The first-order chi connectivity index (χ1) is 10.4. The van der Waals surface area contributed by atoms with E-state index >= 15 is 0 Å². The first-order valence-corrected chi connectivity index (χ1v) is 7.93. The molecule has 0 aliphatic heterocycles. The molecule has 2 aromatic rings. The van der Waals surface area contributed by atoms with Crippen LogP contribution in [0.15, 0.2) is 33.7 Å². The lowest BCUT2D eigenvalue weighted by Gasteiger charge is -2.18. The van der Waals surface area contributed by atoms with Crippen LogP contribution >= 0.6 is 0 Å². The summed E-state index contributed by atoms with van der Waals surface area (Å²) in [6.45, 7) is 1.85. The third-order valence-corrected chi connectivity index (χ3v) is 4.96. The van der Waals surface area contributed by atoms with E-state index in [0.717, 1.165) is 0 Å². The van der Waals surface area contributed by atoms with Gasteiger partial charge in [0.15, 0.2) is 0 Å². The number of nitrogens with zero attached hydrogens (tertiary/aromatic N) is 2. The molecule has 0 saturated heterocycles. The number of benzene rings is 1. The summed E-state index contributed by atoms with van der Waals surface area (Å²) in [7, 11) is 0.664. The minimum absolute atomic E-state index is 0.0681. The van der Waals surface area contributed by atoms with Gasteiger partial charge in [0.25, 0.3) is 0 Å². The van der Waals surface area contributed by atoms with Crippen molar-refractivity contribution in [1.29, 1.82) is 0 Å². The first kappa shape index (κ1) is 16.3. The van der Waals surface area contributed by atoms with Crippen LogP contribution in [0.4, 0.5) is 0 Å². The van der Waals surface area contributed by atoms with Gasteiger partial charge in [-0.1, -0.05) is 5.16 Å². The molecule has 0 aliphatic carbocycles. The second-order valence-corrected chi connectivity index (χ2v) is 6.72. The predicted molar refractivity (Wildman–Crippen MR) is 79.4 cm³/mol. The van der Waals surface area contributed by atoms with Crippen molar-refractivity contribution in [3.05, 3.63) is 35.7 Å². The van der Waals surface area contributed by atoms with E-state index in [4.69, 9.17) is 14.0 Å². The van der Waals surface area contributed by atoms with Gasteiger partial charge in [-0.05, 0) is 19.1 Å². The van der Waals surface area contributed by atoms with Crippen molar-refractivity contribution in [2.75, 3.05) is 21.3 Å². The molecule has 0 spiro atoms. The molecule has 0 fully saturated rings. The fourth-order valence-electron chi connectivity index (χ4n) is 1.96. The zero-order valence-electron chi connectivity index (χ0n) is 12.9. The van der Waals surface area contributed by atoms with Gasteiger partial charge in [-0.2, -0.15) is 4.31 Å².